The van der Waals surface area contributed by atoms with Crippen molar-refractivity contribution in [3.05, 3.63) is 0 Å². The first-order valence-corrected chi connectivity index (χ1v) is 11.1. The van der Waals surface area contributed by atoms with Gasteiger partial charge in [0.25, 0.3) is 0 Å². The van der Waals surface area contributed by atoms with Crippen molar-refractivity contribution < 1.29 is 10.2 Å². The Morgan fingerprint density at radius 2 is 0.792 bits per heavy atom. The summed E-state index contributed by atoms with van der Waals surface area (Å²) in [4.78, 5) is 0. The Hall–Kier alpha value is -0.0800. The average molecular weight is 343 g/mol. The lowest BCUT2D eigenvalue weighted by Crippen LogP contribution is -2.02. The van der Waals surface area contributed by atoms with Crippen molar-refractivity contribution in [3.8, 4) is 0 Å². The van der Waals surface area contributed by atoms with E-state index in [9.17, 15) is 0 Å². The summed E-state index contributed by atoms with van der Waals surface area (Å²) in [6, 6.07) is 0. The zero-order valence-corrected chi connectivity index (χ0v) is 16.6. The molecule has 2 N–H and O–H groups in total. The molecule has 146 valence electrons. The van der Waals surface area contributed by atoms with E-state index in [-0.39, 0.29) is 0 Å². The highest BCUT2D eigenvalue weighted by molar-refractivity contribution is 4.62. The van der Waals surface area contributed by atoms with Crippen molar-refractivity contribution in [1.29, 1.82) is 0 Å². The van der Waals surface area contributed by atoms with Crippen molar-refractivity contribution >= 4 is 0 Å². The quantitative estimate of drug-likeness (QED) is 0.244. The third-order valence-electron chi connectivity index (χ3n) is 5.26. The highest BCUT2D eigenvalue weighted by Crippen LogP contribution is 2.24. The lowest BCUT2D eigenvalue weighted by atomic mass is 9.89. The van der Waals surface area contributed by atoms with Crippen molar-refractivity contribution in [2.24, 2.45) is 5.92 Å². The Bertz CT molecular complexity index is 218. The maximum absolute atomic E-state index is 8.91. The van der Waals surface area contributed by atoms with Gasteiger partial charge in [0.05, 0.1) is 0 Å². The van der Waals surface area contributed by atoms with Gasteiger partial charge in [0, 0.05) is 13.2 Å². The van der Waals surface area contributed by atoms with Crippen LogP contribution in [0, 0.1) is 5.92 Å². The Morgan fingerprint density at radius 1 is 0.458 bits per heavy atom. The highest BCUT2D eigenvalue weighted by Gasteiger charge is 2.08. The number of hydrogen-bond donors (Lipinski definition) is 2. The number of aliphatic hydroxyl groups excluding tert-OH is 2. The van der Waals surface area contributed by atoms with Gasteiger partial charge in [0.1, 0.15) is 0 Å². The van der Waals surface area contributed by atoms with Gasteiger partial charge in [-0.3, -0.25) is 0 Å². The van der Waals surface area contributed by atoms with Gasteiger partial charge in [-0.1, -0.05) is 110 Å². The maximum atomic E-state index is 8.91. The van der Waals surface area contributed by atoms with Crippen molar-refractivity contribution in [2.45, 2.75) is 122 Å². The second kappa shape index (κ2) is 21.0. The molecule has 0 aromatic rings. The van der Waals surface area contributed by atoms with Crippen molar-refractivity contribution in [3.63, 3.8) is 0 Å². The molecule has 0 rings (SSSR count). The molecular formula is C22H46O2. The van der Waals surface area contributed by atoms with Crippen LogP contribution in [0.4, 0.5) is 0 Å². The Morgan fingerprint density at radius 3 is 1.21 bits per heavy atom. The molecule has 0 saturated heterocycles. The molecular weight excluding hydrogens is 296 g/mol. The van der Waals surface area contributed by atoms with E-state index in [1.807, 2.05) is 0 Å². The van der Waals surface area contributed by atoms with Gasteiger partial charge in [0.15, 0.2) is 0 Å². The van der Waals surface area contributed by atoms with E-state index in [1.54, 1.807) is 0 Å². The van der Waals surface area contributed by atoms with Crippen LogP contribution in [0.3, 0.4) is 0 Å². The largest absolute Gasteiger partial charge is 0.396 e. The SMILES string of the molecule is CCCCCCCCCCC(CCCCCO)CCCCCCO. The van der Waals surface area contributed by atoms with E-state index in [0.717, 1.165) is 18.8 Å². The minimum atomic E-state index is 0.350. The fourth-order valence-electron chi connectivity index (χ4n) is 3.62. The molecule has 0 aliphatic heterocycles. The molecule has 0 aromatic carbocycles. The molecule has 0 aromatic heterocycles. The van der Waals surface area contributed by atoms with E-state index < -0.39 is 0 Å². The normalized spacial score (nSPS) is 12.6. The van der Waals surface area contributed by atoms with Gasteiger partial charge in [0.2, 0.25) is 0 Å². The second-order valence-electron chi connectivity index (χ2n) is 7.63. The topological polar surface area (TPSA) is 40.5 Å². The summed E-state index contributed by atoms with van der Waals surface area (Å²) >= 11 is 0. The molecule has 0 fully saturated rings. The van der Waals surface area contributed by atoms with Gasteiger partial charge < -0.3 is 10.2 Å². The zero-order valence-electron chi connectivity index (χ0n) is 16.6. The monoisotopic (exact) mass is 342 g/mol. The van der Waals surface area contributed by atoms with E-state index in [2.05, 4.69) is 6.92 Å². The summed E-state index contributed by atoms with van der Waals surface area (Å²) in [7, 11) is 0. The third kappa shape index (κ3) is 18.3. The first-order valence-electron chi connectivity index (χ1n) is 11.1. The number of hydrogen-bond acceptors (Lipinski definition) is 2. The van der Waals surface area contributed by atoms with Crippen LogP contribution in [0.25, 0.3) is 0 Å². The smallest absolute Gasteiger partial charge is 0.0431 e. The summed E-state index contributed by atoms with van der Waals surface area (Å²) in [5.74, 6) is 0.901. The predicted octanol–water partition coefficient (Wildman–Crippen LogP) is 6.63. The van der Waals surface area contributed by atoms with E-state index >= 15 is 0 Å². The predicted molar refractivity (Wildman–Crippen MR) is 106 cm³/mol. The van der Waals surface area contributed by atoms with Crippen LogP contribution in [0.1, 0.15) is 122 Å². The minimum Gasteiger partial charge on any atom is -0.396 e. The van der Waals surface area contributed by atoms with Crippen LogP contribution in [-0.2, 0) is 0 Å². The molecule has 0 radical (unpaired) electrons. The van der Waals surface area contributed by atoms with Crippen LogP contribution >= 0.6 is 0 Å². The molecule has 0 amide bonds. The van der Waals surface area contributed by atoms with Crippen LogP contribution in [0.15, 0.2) is 0 Å². The molecule has 0 heterocycles. The molecule has 0 aliphatic rings. The molecule has 0 aliphatic carbocycles. The molecule has 1 atom stereocenters. The maximum Gasteiger partial charge on any atom is 0.0431 e. The zero-order chi connectivity index (χ0) is 17.7. The van der Waals surface area contributed by atoms with Crippen LogP contribution in [-0.4, -0.2) is 23.4 Å². The summed E-state index contributed by atoms with van der Waals surface area (Å²) in [6.45, 7) is 2.98. The standard InChI is InChI=1S/C22H46O2/c1-2-3-4-5-6-7-8-12-17-22(19-14-11-16-21-24)18-13-9-10-15-20-23/h22-24H,2-21H2,1H3. The van der Waals surface area contributed by atoms with Gasteiger partial charge in [-0.05, 0) is 18.8 Å². The summed E-state index contributed by atoms with van der Waals surface area (Å²) in [5.41, 5.74) is 0. The fraction of sp³-hybridized carbons (Fsp3) is 1.00. The summed E-state index contributed by atoms with van der Waals surface area (Å²) in [5, 5.41) is 17.8. The van der Waals surface area contributed by atoms with Crippen LogP contribution in [0.2, 0.25) is 0 Å². The highest BCUT2D eigenvalue weighted by atomic mass is 16.3. The van der Waals surface area contributed by atoms with E-state index in [4.69, 9.17) is 10.2 Å². The molecule has 1 unspecified atom stereocenters. The molecule has 2 nitrogen and oxygen atoms in total. The van der Waals surface area contributed by atoms with E-state index in [1.165, 1.54) is 103 Å². The first kappa shape index (κ1) is 23.9. The minimum absolute atomic E-state index is 0.350. The number of rotatable bonds is 20. The molecule has 0 spiro atoms. The Kier molecular flexibility index (Phi) is 20.9. The summed E-state index contributed by atoms with van der Waals surface area (Å²) in [6.07, 6.45) is 23.7. The Balaban J connectivity index is 3.67. The van der Waals surface area contributed by atoms with Gasteiger partial charge in [-0.25, -0.2) is 0 Å². The summed E-state index contributed by atoms with van der Waals surface area (Å²) < 4.78 is 0. The van der Waals surface area contributed by atoms with E-state index in [0.29, 0.717) is 13.2 Å². The lowest BCUT2D eigenvalue weighted by Gasteiger charge is -2.17. The van der Waals surface area contributed by atoms with Crippen LogP contribution < -0.4 is 0 Å². The van der Waals surface area contributed by atoms with Crippen molar-refractivity contribution in [1.82, 2.24) is 0 Å². The number of aliphatic hydroxyl groups is 2. The fourth-order valence-corrected chi connectivity index (χ4v) is 3.62. The first-order chi connectivity index (χ1) is 11.8. The molecule has 24 heavy (non-hydrogen) atoms. The van der Waals surface area contributed by atoms with Gasteiger partial charge >= 0.3 is 0 Å². The van der Waals surface area contributed by atoms with Gasteiger partial charge in [-0.2, -0.15) is 0 Å². The third-order valence-corrected chi connectivity index (χ3v) is 5.26. The molecule has 2 heteroatoms. The average Bonchev–Trinajstić information content (AvgIpc) is 2.60. The lowest BCUT2D eigenvalue weighted by molar-refractivity contribution is 0.275. The second-order valence-corrected chi connectivity index (χ2v) is 7.63. The Labute approximate surface area is 152 Å². The molecule has 0 bridgehead atoms. The van der Waals surface area contributed by atoms with Crippen LogP contribution in [0.5, 0.6) is 0 Å². The van der Waals surface area contributed by atoms with Crippen molar-refractivity contribution in [2.75, 3.05) is 13.2 Å². The number of unbranched alkanes of at least 4 members (excludes halogenated alkanes) is 12. The molecule has 0 saturated carbocycles. The van der Waals surface area contributed by atoms with Gasteiger partial charge in [-0.15, -0.1) is 0 Å².